The van der Waals surface area contributed by atoms with Gasteiger partial charge in [0.2, 0.25) is 0 Å². The average molecular weight is 218 g/mol. The summed E-state index contributed by atoms with van der Waals surface area (Å²) in [5.74, 6) is -1.65. The topological polar surface area (TPSA) is 12.0 Å². The molecule has 1 N–H and O–H groups in total. The van der Waals surface area contributed by atoms with Gasteiger partial charge in [-0.1, -0.05) is 23.7 Å². The van der Waals surface area contributed by atoms with E-state index >= 15 is 0 Å². The lowest BCUT2D eigenvalue weighted by molar-refractivity contribution is 0.506. The van der Waals surface area contributed by atoms with E-state index in [4.69, 9.17) is 11.6 Å². The first-order chi connectivity index (χ1) is 6.74. The van der Waals surface area contributed by atoms with Gasteiger partial charge >= 0.3 is 0 Å². The van der Waals surface area contributed by atoms with Gasteiger partial charge in [-0.05, 0) is 17.7 Å². The largest absolute Gasteiger partial charge is 0.309 e. The molecule has 0 heterocycles. The molecule has 76 valence electrons. The molecule has 0 spiro atoms. The molecule has 0 aliphatic rings. The first-order valence-corrected chi connectivity index (χ1v) is 4.57. The van der Waals surface area contributed by atoms with E-state index in [9.17, 15) is 8.78 Å². The van der Waals surface area contributed by atoms with Crippen LogP contribution in [-0.2, 0) is 6.54 Å². The zero-order chi connectivity index (χ0) is 10.4. The number of hydrogen-bond acceptors (Lipinski definition) is 1. The van der Waals surface area contributed by atoms with E-state index < -0.39 is 11.6 Å². The summed E-state index contributed by atoms with van der Waals surface area (Å²) in [7, 11) is 0. The number of halogens is 3. The summed E-state index contributed by atoms with van der Waals surface area (Å²) in [5, 5.41) is 2.99. The minimum Gasteiger partial charge on any atom is -0.309 e. The Bertz CT molecular complexity index is 326. The number of hydrogen-bond donors (Lipinski definition) is 1. The molecule has 1 nitrogen and oxygen atoms in total. The van der Waals surface area contributed by atoms with Crippen molar-refractivity contribution in [2.45, 2.75) is 6.54 Å². The monoisotopic (exact) mass is 217 g/mol. The zero-order valence-corrected chi connectivity index (χ0v) is 8.19. The molecule has 0 radical (unpaired) electrons. The van der Waals surface area contributed by atoms with Crippen LogP contribution in [0.4, 0.5) is 8.78 Å². The second-order valence-corrected chi connectivity index (χ2v) is 2.99. The Labute approximate surface area is 86.4 Å². The van der Waals surface area contributed by atoms with Gasteiger partial charge in [-0.2, -0.15) is 0 Å². The Hall–Kier alpha value is -0.930. The minimum absolute atomic E-state index is 0.485. The van der Waals surface area contributed by atoms with E-state index in [1.165, 1.54) is 17.7 Å². The average Bonchev–Trinajstić information content (AvgIpc) is 2.18. The Kier molecular flexibility index (Phi) is 4.56. The summed E-state index contributed by atoms with van der Waals surface area (Å²) in [6.45, 7) is 1.08. The first-order valence-electron chi connectivity index (χ1n) is 4.14. The molecule has 1 aromatic carbocycles. The maximum atomic E-state index is 12.7. The first kappa shape index (κ1) is 11.1. The number of rotatable bonds is 4. The summed E-state index contributed by atoms with van der Waals surface area (Å²) in [6, 6.07) is 3.83. The van der Waals surface area contributed by atoms with Crippen LogP contribution < -0.4 is 5.32 Å². The van der Waals surface area contributed by atoms with Crippen LogP contribution in [0, 0.1) is 11.6 Å². The van der Waals surface area contributed by atoms with Gasteiger partial charge in [0.1, 0.15) is 0 Å². The van der Waals surface area contributed by atoms with Gasteiger partial charge in [-0.3, -0.25) is 0 Å². The molecule has 0 aliphatic carbocycles. The molecule has 1 rings (SSSR count). The Balaban J connectivity index is 2.47. The van der Waals surface area contributed by atoms with Crippen molar-refractivity contribution in [3.8, 4) is 0 Å². The molecule has 0 aromatic heterocycles. The van der Waals surface area contributed by atoms with Crippen molar-refractivity contribution in [2.75, 3.05) is 6.54 Å². The van der Waals surface area contributed by atoms with Gasteiger partial charge in [0.05, 0.1) is 0 Å². The minimum atomic E-state index is -0.825. The molecule has 0 saturated carbocycles. The van der Waals surface area contributed by atoms with Gasteiger partial charge in [-0.15, -0.1) is 0 Å². The van der Waals surface area contributed by atoms with Crippen molar-refractivity contribution in [1.82, 2.24) is 5.32 Å². The van der Waals surface area contributed by atoms with Crippen LogP contribution in [0.15, 0.2) is 29.8 Å². The van der Waals surface area contributed by atoms with Crippen molar-refractivity contribution in [2.24, 2.45) is 0 Å². The van der Waals surface area contributed by atoms with Gasteiger partial charge in [0.25, 0.3) is 0 Å². The van der Waals surface area contributed by atoms with E-state index in [1.807, 2.05) is 0 Å². The normalized spacial score (nSPS) is 11.1. The number of nitrogens with one attached hydrogen (secondary N) is 1. The van der Waals surface area contributed by atoms with E-state index in [1.54, 1.807) is 6.08 Å². The van der Waals surface area contributed by atoms with Gasteiger partial charge < -0.3 is 5.32 Å². The summed E-state index contributed by atoms with van der Waals surface area (Å²) in [4.78, 5) is 0. The van der Waals surface area contributed by atoms with Crippen molar-refractivity contribution < 1.29 is 8.78 Å². The van der Waals surface area contributed by atoms with Gasteiger partial charge in [0.15, 0.2) is 11.6 Å². The molecule has 0 amide bonds. The van der Waals surface area contributed by atoms with Crippen molar-refractivity contribution >= 4 is 11.6 Å². The fourth-order valence-corrected chi connectivity index (χ4v) is 1.08. The molecule has 0 bridgehead atoms. The highest BCUT2D eigenvalue weighted by Gasteiger charge is 2.01. The van der Waals surface area contributed by atoms with E-state index in [-0.39, 0.29) is 0 Å². The predicted octanol–water partition coefficient (Wildman–Crippen LogP) is 2.81. The SMILES string of the molecule is Fc1ccc(CNC/C=C/Cl)cc1F. The fraction of sp³-hybridized carbons (Fsp3) is 0.200. The fourth-order valence-electron chi connectivity index (χ4n) is 0.994. The highest BCUT2D eigenvalue weighted by atomic mass is 35.5. The van der Waals surface area contributed by atoms with Gasteiger partial charge in [0, 0.05) is 18.6 Å². The van der Waals surface area contributed by atoms with E-state index in [0.717, 1.165) is 6.07 Å². The summed E-state index contributed by atoms with van der Waals surface area (Å²) < 4.78 is 25.2. The Morgan fingerprint density at radius 3 is 2.71 bits per heavy atom. The van der Waals surface area contributed by atoms with Crippen molar-refractivity contribution in [1.29, 1.82) is 0 Å². The second-order valence-electron chi connectivity index (χ2n) is 2.74. The van der Waals surface area contributed by atoms with Gasteiger partial charge in [-0.25, -0.2) is 8.78 Å². The predicted molar refractivity (Wildman–Crippen MR) is 53.1 cm³/mol. The Morgan fingerprint density at radius 2 is 2.07 bits per heavy atom. The van der Waals surface area contributed by atoms with Crippen LogP contribution in [0.5, 0.6) is 0 Å². The molecular weight excluding hydrogens is 208 g/mol. The standard InChI is InChI=1S/C10H10ClF2N/c11-4-1-5-14-7-8-2-3-9(12)10(13)6-8/h1-4,6,14H,5,7H2/b4-1+. The van der Waals surface area contributed by atoms with Crippen LogP contribution in [0.2, 0.25) is 0 Å². The molecule has 1 aromatic rings. The van der Waals surface area contributed by atoms with Crippen LogP contribution in [0.1, 0.15) is 5.56 Å². The molecule has 0 unspecified atom stereocenters. The van der Waals surface area contributed by atoms with Crippen molar-refractivity contribution in [3.05, 3.63) is 47.0 Å². The lowest BCUT2D eigenvalue weighted by Gasteiger charge is -2.02. The summed E-state index contributed by atoms with van der Waals surface area (Å²) >= 11 is 5.30. The summed E-state index contributed by atoms with van der Waals surface area (Å²) in [6.07, 6.45) is 1.72. The summed E-state index contributed by atoms with van der Waals surface area (Å²) in [5.41, 5.74) is 2.10. The van der Waals surface area contributed by atoms with Crippen molar-refractivity contribution in [3.63, 3.8) is 0 Å². The number of benzene rings is 1. The third-order valence-corrected chi connectivity index (χ3v) is 1.84. The highest BCUT2D eigenvalue weighted by molar-refractivity contribution is 6.25. The quantitative estimate of drug-likeness (QED) is 0.765. The molecule has 0 saturated heterocycles. The van der Waals surface area contributed by atoms with Crippen LogP contribution >= 0.6 is 11.6 Å². The van der Waals surface area contributed by atoms with Crippen LogP contribution in [-0.4, -0.2) is 6.54 Å². The smallest absolute Gasteiger partial charge is 0.159 e. The molecule has 0 atom stereocenters. The molecular formula is C10H10ClF2N. The molecule has 14 heavy (non-hydrogen) atoms. The van der Waals surface area contributed by atoms with Crippen LogP contribution in [0.25, 0.3) is 0 Å². The van der Waals surface area contributed by atoms with E-state index in [0.29, 0.717) is 18.7 Å². The lowest BCUT2D eigenvalue weighted by atomic mass is 10.2. The third kappa shape index (κ3) is 3.44. The van der Waals surface area contributed by atoms with E-state index in [2.05, 4.69) is 5.32 Å². The second kappa shape index (κ2) is 5.73. The third-order valence-electron chi connectivity index (χ3n) is 1.66. The lowest BCUT2D eigenvalue weighted by Crippen LogP contribution is -2.12. The maximum Gasteiger partial charge on any atom is 0.159 e. The molecule has 0 aliphatic heterocycles. The highest BCUT2D eigenvalue weighted by Crippen LogP contribution is 2.08. The van der Waals surface area contributed by atoms with Crippen LogP contribution in [0.3, 0.4) is 0 Å². The molecule has 4 heteroatoms. The Morgan fingerprint density at radius 1 is 1.29 bits per heavy atom. The zero-order valence-electron chi connectivity index (χ0n) is 7.43. The maximum absolute atomic E-state index is 12.7. The molecule has 0 fully saturated rings.